The Balaban J connectivity index is 1.61. The maximum atomic E-state index is 8.29. The van der Waals surface area contributed by atoms with Gasteiger partial charge in [0.25, 0.3) is 0 Å². The highest BCUT2D eigenvalue weighted by Gasteiger charge is 2.51. The van der Waals surface area contributed by atoms with Gasteiger partial charge in [0.05, 0.1) is 18.1 Å². The standard InChI is InChI=1S/C28H27BO2/c1-27(2)28(3,4)31-29(30-27)24-18-23-12-8-9-13-25(23)26(19-24)22-16-14-21(15-17-22)20-10-6-5-7-11-20/h5-19H,1-4H3/i5D,6D,7D,10D,11D. The molecule has 0 aliphatic carbocycles. The van der Waals surface area contributed by atoms with Crippen molar-refractivity contribution in [2.75, 3.05) is 0 Å². The Morgan fingerprint density at radius 3 is 2.00 bits per heavy atom. The van der Waals surface area contributed by atoms with Gasteiger partial charge >= 0.3 is 7.12 Å². The van der Waals surface area contributed by atoms with Crippen molar-refractivity contribution in [2.24, 2.45) is 0 Å². The van der Waals surface area contributed by atoms with Crippen molar-refractivity contribution in [2.45, 2.75) is 38.9 Å². The lowest BCUT2D eigenvalue weighted by Gasteiger charge is -2.32. The summed E-state index contributed by atoms with van der Waals surface area (Å²) in [6, 6.07) is 18.3. The molecule has 2 nitrogen and oxygen atoms in total. The molecule has 1 aliphatic heterocycles. The third kappa shape index (κ3) is 3.58. The molecule has 0 bridgehead atoms. The Kier molecular flexibility index (Phi) is 3.57. The summed E-state index contributed by atoms with van der Waals surface area (Å²) in [5, 5.41) is 2.14. The van der Waals surface area contributed by atoms with Crippen LogP contribution in [0, 0.1) is 0 Å². The molecule has 4 aromatic carbocycles. The van der Waals surface area contributed by atoms with Gasteiger partial charge in [-0.25, -0.2) is 0 Å². The minimum atomic E-state index is -0.497. The smallest absolute Gasteiger partial charge is 0.399 e. The minimum absolute atomic E-state index is 0.198. The topological polar surface area (TPSA) is 18.5 Å². The van der Waals surface area contributed by atoms with Crippen molar-refractivity contribution in [3.05, 3.63) is 90.9 Å². The van der Waals surface area contributed by atoms with Gasteiger partial charge in [-0.2, -0.15) is 0 Å². The van der Waals surface area contributed by atoms with Gasteiger partial charge in [-0.3, -0.25) is 0 Å². The number of hydrogen-bond acceptors (Lipinski definition) is 2. The van der Waals surface area contributed by atoms with Gasteiger partial charge in [0.2, 0.25) is 0 Å². The van der Waals surface area contributed by atoms with E-state index in [1.807, 2.05) is 52.0 Å². The van der Waals surface area contributed by atoms with Crippen molar-refractivity contribution in [3.8, 4) is 22.3 Å². The largest absolute Gasteiger partial charge is 0.494 e. The first-order valence-corrected chi connectivity index (χ1v) is 10.5. The number of rotatable bonds is 3. The van der Waals surface area contributed by atoms with Gasteiger partial charge in [-0.15, -0.1) is 0 Å². The average molecular weight is 411 g/mol. The second kappa shape index (κ2) is 7.37. The Morgan fingerprint density at radius 2 is 1.32 bits per heavy atom. The number of fused-ring (bicyclic) bond motifs is 1. The van der Waals surface area contributed by atoms with E-state index in [1.54, 1.807) is 12.1 Å². The minimum Gasteiger partial charge on any atom is -0.399 e. The molecule has 0 radical (unpaired) electrons. The third-order valence-corrected chi connectivity index (χ3v) is 6.39. The lowest BCUT2D eigenvalue weighted by Crippen LogP contribution is -2.41. The van der Waals surface area contributed by atoms with Crippen molar-refractivity contribution < 1.29 is 16.2 Å². The predicted molar refractivity (Wildman–Crippen MR) is 131 cm³/mol. The number of benzene rings is 4. The van der Waals surface area contributed by atoms with Crippen LogP contribution in [-0.4, -0.2) is 18.3 Å². The maximum absolute atomic E-state index is 8.29. The van der Waals surface area contributed by atoms with Gasteiger partial charge < -0.3 is 9.31 Å². The predicted octanol–water partition coefficient (Wildman–Crippen LogP) is 6.47. The first-order valence-electron chi connectivity index (χ1n) is 13.0. The first-order chi connectivity index (χ1) is 16.9. The zero-order chi connectivity index (χ0) is 26.0. The fraction of sp³-hybridized carbons (Fsp3) is 0.214. The molecular formula is C28H27BO2. The number of hydrogen-bond donors (Lipinski definition) is 0. The van der Waals surface area contributed by atoms with Crippen LogP contribution >= 0.6 is 0 Å². The molecule has 0 aromatic heterocycles. The molecule has 1 heterocycles. The van der Waals surface area contributed by atoms with E-state index in [9.17, 15) is 0 Å². The molecule has 5 rings (SSSR count). The van der Waals surface area contributed by atoms with Crippen LogP contribution in [0.5, 0.6) is 0 Å². The van der Waals surface area contributed by atoms with Crippen LogP contribution in [0.3, 0.4) is 0 Å². The fourth-order valence-corrected chi connectivity index (χ4v) is 3.90. The molecule has 0 amide bonds. The Bertz CT molecular complexity index is 1450. The summed E-state index contributed by atoms with van der Waals surface area (Å²) >= 11 is 0. The molecule has 1 saturated heterocycles. The van der Waals surface area contributed by atoms with Crippen molar-refractivity contribution in [1.82, 2.24) is 0 Å². The highest BCUT2D eigenvalue weighted by atomic mass is 16.7. The second-order valence-corrected chi connectivity index (χ2v) is 8.96. The zero-order valence-electron chi connectivity index (χ0n) is 23.2. The van der Waals surface area contributed by atoms with Crippen LogP contribution in [0.4, 0.5) is 0 Å². The van der Waals surface area contributed by atoms with Gasteiger partial charge in [0, 0.05) is 0 Å². The normalized spacial score (nSPS) is 19.5. The zero-order valence-corrected chi connectivity index (χ0v) is 18.2. The van der Waals surface area contributed by atoms with Crippen molar-refractivity contribution in [1.29, 1.82) is 0 Å². The molecular weight excluding hydrogens is 379 g/mol. The van der Waals surface area contributed by atoms with Crippen LogP contribution in [0.15, 0.2) is 90.9 Å². The lowest BCUT2D eigenvalue weighted by atomic mass is 9.76. The quantitative estimate of drug-likeness (QED) is 0.360. The SMILES string of the molecule is [2H]c1c([2H])c([2H])c(-c2ccc(-c3cc(B4OC(C)(C)C(C)(C)O4)cc4ccccc34)cc2)c([2H])c1[2H]. The van der Waals surface area contributed by atoms with E-state index in [-0.39, 0.29) is 29.7 Å². The highest BCUT2D eigenvalue weighted by Crippen LogP contribution is 2.37. The summed E-state index contributed by atoms with van der Waals surface area (Å²) in [5.41, 5.74) is 2.75. The molecule has 0 atom stereocenters. The van der Waals surface area contributed by atoms with E-state index in [0.717, 1.165) is 27.4 Å². The molecule has 0 unspecified atom stereocenters. The van der Waals surface area contributed by atoms with E-state index in [2.05, 4.69) is 24.3 Å². The summed E-state index contributed by atoms with van der Waals surface area (Å²) in [6.45, 7) is 8.14. The van der Waals surface area contributed by atoms with Crippen molar-refractivity contribution in [3.63, 3.8) is 0 Å². The molecule has 3 heteroatoms. The Hall–Kier alpha value is -2.88. The lowest BCUT2D eigenvalue weighted by molar-refractivity contribution is 0.00578. The molecule has 154 valence electrons. The van der Waals surface area contributed by atoms with Crippen LogP contribution in [0.25, 0.3) is 33.0 Å². The summed E-state index contributed by atoms with van der Waals surface area (Å²) in [7, 11) is -0.497. The van der Waals surface area contributed by atoms with Crippen LogP contribution in [0.1, 0.15) is 34.5 Å². The second-order valence-electron chi connectivity index (χ2n) is 8.96. The van der Waals surface area contributed by atoms with Crippen LogP contribution in [-0.2, 0) is 9.31 Å². The molecule has 1 aliphatic rings. The van der Waals surface area contributed by atoms with E-state index < -0.39 is 24.4 Å². The fourth-order valence-electron chi connectivity index (χ4n) is 3.90. The van der Waals surface area contributed by atoms with Gasteiger partial charge in [0.15, 0.2) is 0 Å². The Labute approximate surface area is 192 Å². The summed E-state index contributed by atoms with van der Waals surface area (Å²) in [4.78, 5) is 0. The molecule has 31 heavy (non-hydrogen) atoms. The molecule has 0 N–H and O–H groups in total. The highest BCUT2D eigenvalue weighted by molar-refractivity contribution is 6.62. The van der Waals surface area contributed by atoms with Crippen LogP contribution < -0.4 is 5.46 Å². The third-order valence-electron chi connectivity index (χ3n) is 6.39. The molecule has 0 spiro atoms. The van der Waals surface area contributed by atoms with Crippen molar-refractivity contribution >= 4 is 23.4 Å². The monoisotopic (exact) mass is 411 g/mol. The molecule has 4 aromatic rings. The van der Waals surface area contributed by atoms with Gasteiger partial charge in [0.1, 0.15) is 0 Å². The molecule has 1 fully saturated rings. The summed E-state index contributed by atoms with van der Waals surface area (Å²) < 4.78 is 53.0. The first kappa shape index (κ1) is 15.0. The van der Waals surface area contributed by atoms with Crippen LogP contribution in [0.2, 0.25) is 0 Å². The average Bonchev–Trinajstić information content (AvgIpc) is 3.08. The summed E-state index contributed by atoms with van der Waals surface area (Å²) in [6.07, 6.45) is 0. The van der Waals surface area contributed by atoms with Gasteiger partial charge in [-0.05, 0) is 66.2 Å². The van der Waals surface area contributed by atoms with Gasteiger partial charge in [-0.1, -0.05) is 90.9 Å². The van der Waals surface area contributed by atoms with E-state index >= 15 is 0 Å². The summed E-state index contributed by atoms with van der Waals surface area (Å²) in [5.74, 6) is 0. The maximum Gasteiger partial charge on any atom is 0.494 e. The van der Waals surface area contributed by atoms with E-state index in [0.29, 0.717) is 5.56 Å². The Morgan fingerprint density at radius 1 is 0.710 bits per heavy atom. The van der Waals surface area contributed by atoms with E-state index in [4.69, 9.17) is 16.2 Å². The molecule has 0 saturated carbocycles. The van der Waals surface area contributed by atoms with E-state index in [1.165, 1.54) is 0 Å².